The summed E-state index contributed by atoms with van der Waals surface area (Å²) >= 11 is 1.23. The van der Waals surface area contributed by atoms with Crippen LogP contribution in [0.15, 0.2) is 24.5 Å². The van der Waals surface area contributed by atoms with Gasteiger partial charge < -0.3 is 9.47 Å². The second-order valence-corrected chi connectivity index (χ2v) is 7.36. The number of fused-ring (bicyclic) bond motifs is 1. The van der Waals surface area contributed by atoms with Crippen LogP contribution in [0.25, 0.3) is 10.2 Å². The van der Waals surface area contributed by atoms with Crippen molar-refractivity contribution in [3.8, 4) is 5.75 Å². The molecular formula is C20H22N4O4S. The molecule has 0 saturated heterocycles. The summed E-state index contributed by atoms with van der Waals surface area (Å²) in [4.78, 5) is 33.8. The van der Waals surface area contributed by atoms with E-state index < -0.39 is 5.97 Å². The van der Waals surface area contributed by atoms with Crippen molar-refractivity contribution >= 4 is 39.2 Å². The van der Waals surface area contributed by atoms with Gasteiger partial charge in [-0.15, -0.1) is 11.3 Å². The average Bonchev–Trinajstić information content (AvgIpc) is 3.03. The van der Waals surface area contributed by atoms with Crippen molar-refractivity contribution in [1.29, 1.82) is 0 Å². The molecule has 0 aliphatic rings. The maximum atomic E-state index is 12.2. The van der Waals surface area contributed by atoms with Gasteiger partial charge in [-0.25, -0.2) is 14.8 Å². The van der Waals surface area contributed by atoms with Crippen LogP contribution in [0.4, 0.5) is 5.82 Å². The molecule has 29 heavy (non-hydrogen) atoms. The van der Waals surface area contributed by atoms with Gasteiger partial charge in [-0.3, -0.25) is 15.6 Å². The lowest BCUT2D eigenvalue weighted by molar-refractivity contribution is -0.122. The largest absolute Gasteiger partial charge is 0.483 e. The lowest BCUT2D eigenvalue weighted by Gasteiger charge is -2.13. The fourth-order valence-corrected chi connectivity index (χ4v) is 3.93. The summed E-state index contributed by atoms with van der Waals surface area (Å²) in [5.74, 6) is 0.336. The number of para-hydroxylation sites is 1. The minimum Gasteiger partial charge on any atom is -0.483 e. The Hall–Kier alpha value is -3.20. The molecular weight excluding hydrogens is 392 g/mol. The number of carbonyl (C=O) groups excluding carboxylic acids is 2. The first kappa shape index (κ1) is 20.5. The highest BCUT2D eigenvalue weighted by Gasteiger charge is 2.20. The maximum Gasteiger partial charge on any atom is 0.348 e. The first-order valence-electron chi connectivity index (χ1n) is 9.07. The van der Waals surface area contributed by atoms with Crippen molar-refractivity contribution in [2.75, 3.05) is 18.6 Å². The standard InChI is InChI=1S/C20H22N4O4S/c1-5-27-20(26)17-13(4)15-18(21-10-22-19(15)29-17)24-23-14(25)9-28-16-11(2)7-6-8-12(16)3/h6-8,10H,5,9H2,1-4H3,(H,23,25)(H,21,22,24). The van der Waals surface area contributed by atoms with E-state index in [1.54, 1.807) is 13.8 Å². The molecule has 0 bridgehead atoms. The maximum absolute atomic E-state index is 12.2. The zero-order chi connectivity index (χ0) is 21.0. The molecule has 3 rings (SSSR count). The van der Waals surface area contributed by atoms with E-state index >= 15 is 0 Å². The number of esters is 1. The van der Waals surface area contributed by atoms with Crippen molar-refractivity contribution in [2.45, 2.75) is 27.7 Å². The first-order valence-corrected chi connectivity index (χ1v) is 9.89. The SMILES string of the molecule is CCOC(=O)c1sc2ncnc(NNC(=O)COc3c(C)cccc3C)c2c1C. The molecule has 0 saturated carbocycles. The highest BCUT2D eigenvalue weighted by atomic mass is 32.1. The fraction of sp³-hybridized carbons (Fsp3) is 0.300. The number of thiophene rings is 1. The normalized spacial score (nSPS) is 10.6. The number of aromatic nitrogens is 2. The van der Waals surface area contributed by atoms with Crippen LogP contribution in [0.1, 0.15) is 33.3 Å². The Labute approximate surface area is 172 Å². The molecule has 2 aromatic heterocycles. The molecule has 0 fully saturated rings. The van der Waals surface area contributed by atoms with Crippen molar-refractivity contribution in [3.63, 3.8) is 0 Å². The zero-order valence-electron chi connectivity index (χ0n) is 16.7. The Morgan fingerprint density at radius 2 is 1.86 bits per heavy atom. The number of nitrogens with one attached hydrogen (secondary N) is 2. The summed E-state index contributed by atoms with van der Waals surface area (Å²) in [6, 6.07) is 5.79. The fourth-order valence-electron chi connectivity index (χ4n) is 2.89. The number of amides is 1. The predicted molar refractivity (Wildman–Crippen MR) is 111 cm³/mol. The van der Waals surface area contributed by atoms with Gasteiger partial charge in [-0.05, 0) is 44.4 Å². The number of carbonyl (C=O) groups is 2. The second-order valence-electron chi connectivity index (χ2n) is 6.36. The highest BCUT2D eigenvalue weighted by molar-refractivity contribution is 7.20. The summed E-state index contributed by atoms with van der Waals surface area (Å²) in [5.41, 5.74) is 8.00. The van der Waals surface area contributed by atoms with Crippen LogP contribution in [-0.2, 0) is 9.53 Å². The number of hydrogen-bond acceptors (Lipinski definition) is 8. The van der Waals surface area contributed by atoms with E-state index in [2.05, 4.69) is 20.8 Å². The first-order chi connectivity index (χ1) is 13.9. The second kappa shape index (κ2) is 8.87. The Bertz CT molecular complexity index is 1040. The van der Waals surface area contributed by atoms with Crippen LogP contribution in [0.5, 0.6) is 5.75 Å². The number of anilines is 1. The van der Waals surface area contributed by atoms with Crippen LogP contribution >= 0.6 is 11.3 Å². The average molecular weight is 414 g/mol. The lowest BCUT2D eigenvalue weighted by atomic mass is 10.1. The number of hydrazine groups is 1. The molecule has 0 spiro atoms. The number of hydrogen-bond donors (Lipinski definition) is 2. The summed E-state index contributed by atoms with van der Waals surface area (Å²) < 4.78 is 10.7. The summed E-state index contributed by atoms with van der Waals surface area (Å²) in [6.07, 6.45) is 1.37. The number of aryl methyl sites for hydroxylation is 3. The van der Waals surface area contributed by atoms with E-state index in [0.29, 0.717) is 38.8 Å². The van der Waals surface area contributed by atoms with Gasteiger partial charge in [-0.2, -0.15) is 0 Å². The molecule has 3 aromatic rings. The molecule has 8 nitrogen and oxygen atoms in total. The van der Waals surface area contributed by atoms with Crippen LogP contribution in [0.2, 0.25) is 0 Å². The zero-order valence-corrected chi connectivity index (χ0v) is 17.5. The van der Waals surface area contributed by atoms with Gasteiger partial charge in [0.05, 0.1) is 12.0 Å². The van der Waals surface area contributed by atoms with Crippen molar-refractivity contribution in [2.24, 2.45) is 0 Å². The number of nitrogens with zero attached hydrogens (tertiary/aromatic N) is 2. The molecule has 0 aliphatic heterocycles. The number of benzene rings is 1. The van der Waals surface area contributed by atoms with E-state index in [1.165, 1.54) is 17.7 Å². The molecule has 2 N–H and O–H groups in total. The molecule has 1 amide bonds. The van der Waals surface area contributed by atoms with Gasteiger partial charge in [-0.1, -0.05) is 18.2 Å². The highest BCUT2D eigenvalue weighted by Crippen LogP contribution is 2.33. The molecule has 0 unspecified atom stereocenters. The molecule has 9 heteroatoms. The van der Waals surface area contributed by atoms with Crippen molar-refractivity contribution in [1.82, 2.24) is 15.4 Å². The van der Waals surface area contributed by atoms with Crippen LogP contribution in [0, 0.1) is 20.8 Å². The van der Waals surface area contributed by atoms with Crippen LogP contribution < -0.4 is 15.6 Å². The monoisotopic (exact) mass is 414 g/mol. The summed E-state index contributed by atoms with van der Waals surface area (Å²) in [6.45, 7) is 7.55. The third-order valence-corrected chi connectivity index (χ3v) is 5.44. The predicted octanol–water partition coefficient (Wildman–Crippen LogP) is 3.32. The third kappa shape index (κ3) is 4.45. The molecule has 1 aromatic carbocycles. The Morgan fingerprint density at radius 1 is 1.14 bits per heavy atom. The van der Waals surface area contributed by atoms with E-state index in [-0.39, 0.29) is 12.5 Å². The molecule has 0 radical (unpaired) electrons. The Balaban J connectivity index is 1.70. The molecule has 0 atom stereocenters. The van der Waals surface area contributed by atoms with Crippen LogP contribution in [0.3, 0.4) is 0 Å². The molecule has 2 heterocycles. The molecule has 152 valence electrons. The summed E-state index contributed by atoms with van der Waals surface area (Å²) in [7, 11) is 0. The van der Waals surface area contributed by atoms with Crippen molar-refractivity contribution < 1.29 is 19.1 Å². The van der Waals surface area contributed by atoms with E-state index in [9.17, 15) is 9.59 Å². The topological polar surface area (TPSA) is 102 Å². The van der Waals surface area contributed by atoms with Gasteiger partial charge >= 0.3 is 5.97 Å². The molecule has 0 aliphatic carbocycles. The van der Waals surface area contributed by atoms with Gasteiger partial charge in [0.15, 0.2) is 12.4 Å². The smallest absolute Gasteiger partial charge is 0.348 e. The van der Waals surface area contributed by atoms with E-state index in [0.717, 1.165) is 11.1 Å². The minimum absolute atomic E-state index is 0.149. The number of ether oxygens (including phenoxy) is 2. The minimum atomic E-state index is -0.398. The van der Waals surface area contributed by atoms with Gasteiger partial charge in [0.1, 0.15) is 21.8 Å². The third-order valence-electron chi connectivity index (χ3n) is 4.26. The van der Waals surface area contributed by atoms with Gasteiger partial charge in [0.2, 0.25) is 0 Å². The summed E-state index contributed by atoms with van der Waals surface area (Å²) in [5, 5.41) is 0.663. The lowest BCUT2D eigenvalue weighted by Crippen LogP contribution is -2.34. The van der Waals surface area contributed by atoms with Gasteiger partial charge in [0, 0.05) is 0 Å². The Kier molecular flexibility index (Phi) is 6.28. The quantitative estimate of drug-likeness (QED) is 0.452. The van der Waals surface area contributed by atoms with Gasteiger partial charge in [0.25, 0.3) is 5.91 Å². The number of rotatable bonds is 7. The van der Waals surface area contributed by atoms with Crippen LogP contribution in [-0.4, -0.2) is 35.1 Å². The van der Waals surface area contributed by atoms with E-state index in [1.807, 2.05) is 32.0 Å². The van der Waals surface area contributed by atoms with E-state index in [4.69, 9.17) is 9.47 Å². The Morgan fingerprint density at radius 3 is 2.55 bits per heavy atom. The van der Waals surface area contributed by atoms with Crippen molar-refractivity contribution in [3.05, 3.63) is 46.1 Å².